The van der Waals surface area contributed by atoms with Gasteiger partial charge in [0.25, 0.3) is 9.92 Å². The second kappa shape index (κ2) is 3.57. The topological polar surface area (TPSA) is 52.3 Å². The third-order valence-electron chi connectivity index (χ3n) is 0.392. The van der Waals surface area contributed by atoms with Gasteiger partial charge >= 0.3 is 5.97 Å². The van der Waals surface area contributed by atoms with Crippen molar-refractivity contribution in [2.45, 2.75) is 0 Å². The van der Waals surface area contributed by atoms with Crippen molar-refractivity contribution >= 4 is 15.9 Å². The van der Waals surface area contributed by atoms with Crippen LogP contribution in [0.4, 0.5) is 0 Å². The van der Waals surface area contributed by atoms with Crippen LogP contribution in [0.5, 0.6) is 0 Å². The lowest BCUT2D eigenvalue weighted by Gasteiger charge is -1.90. The molecule has 0 aromatic rings. The first kappa shape index (κ1) is 6.39. The molecule has 0 saturated carbocycles. The summed E-state index contributed by atoms with van der Waals surface area (Å²) in [7, 11) is -1.07. The number of carbonyl (C=O) groups is 1. The standard InChI is InChI=1S/C3H7NO2Si/c1-2-3(5)6-7-4/h2H,1,4,7H2. The second-order valence-corrected chi connectivity index (χ2v) is 1.46. The lowest BCUT2D eigenvalue weighted by atomic mass is 10.7. The minimum atomic E-state index is -1.07. The third-order valence-corrected chi connectivity index (χ3v) is 0.843. The quantitative estimate of drug-likeness (QED) is 0.360. The molecule has 0 heterocycles. The molecule has 0 spiro atoms. The fourth-order valence-electron chi connectivity index (χ4n) is 0.141. The molecular formula is C3H7NO2Si. The van der Waals surface area contributed by atoms with Crippen molar-refractivity contribution in [2.75, 3.05) is 0 Å². The van der Waals surface area contributed by atoms with Gasteiger partial charge in [0.05, 0.1) is 0 Å². The van der Waals surface area contributed by atoms with Crippen LogP contribution in [0.25, 0.3) is 0 Å². The molecule has 4 heteroatoms. The van der Waals surface area contributed by atoms with E-state index in [1.807, 2.05) is 0 Å². The molecule has 0 radical (unpaired) electrons. The lowest BCUT2D eigenvalue weighted by Crippen LogP contribution is -2.13. The van der Waals surface area contributed by atoms with E-state index in [1.165, 1.54) is 0 Å². The molecule has 3 nitrogen and oxygen atoms in total. The summed E-state index contributed by atoms with van der Waals surface area (Å²) in [5.41, 5.74) is 0. The van der Waals surface area contributed by atoms with Crippen LogP contribution in [0.1, 0.15) is 0 Å². The highest BCUT2D eigenvalue weighted by molar-refractivity contribution is 6.26. The molecule has 0 saturated heterocycles. The maximum atomic E-state index is 10.0. The van der Waals surface area contributed by atoms with Crippen molar-refractivity contribution in [3.05, 3.63) is 12.7 Å². The highest BCUT2D eigenvalue weighted by atomic mass is 28.2. The Kier molecular flexibility index (Phi) is 3.26. The Morgan fingerprint density at radius 2 is 2.57 bits per heavy atom. The smallest absolute Gasteiger partial charge is 0.317 e. The van der Waals surface area contributed by atoms with Gasteiger partial charge in [0.2, 0.25) is 0 Å². The zero-order valence-corrected chi connectivity index (χ0v) is 5.30. The van der Waals surface area contributed by atoms with Gasteiger partial charge in [0, 0.05) is 6.08 Å². The molecule has 0 rings (SSSR count). The van der Waals surface area contributed by atoms with Crippen molar-refractivity contribution in [1.29, 1.82) is 0 Å². The lowest BCUT2D eigenvalue weighted by molar-refractivity contribution is -0.128. The fraction of sp³-hybridized carbons (Fsp3) is 0. The molecule has 7 heavy (non-hydrogen) atoms. The van der Waals surface area contributed by atoms with Gasteiger partial charge in [-0.1, -0.05) is 6.58 Å². The molecule has 0 aliphatic carbocycles. The average Bonchev–Trinajstić information content (AvgIpc) is 1.68. The minimum absolute atomic E-state index is 0.422. The Bertz CT molecular complexity index is 83.0. The van der Waals surface area contributed by atoms with Gasteiger partial charge < -0.3 is 9.83 Å². The molecule has 0 aliphatic heterocycles. The molecule has 0 amide bonds. The van der Waals surface area contributed by atoms with Crippen LogP contribution in [0.15, 0.2) is 12.7 Å². The largest absolute Gasteiger partial charge is 0.508 e. The molecule has 0 atom stereocenters. The SMILES string of the molecule is C=CC(=O)O[SiH2]N. The van der Waals surface area contributed by atoms with Crippen LogP contribution in [0, 0.1) is 0 Å². The van der Waals surface area contributed by atoms with Crippen molar-refractivity contribution in [3.63, 3.8) is 0 Å². The molecule has 0 aromatic carbocycles. The number of nitrogens with two attached hydrogens (primary N) is 1. The molecule has 40 valence electrons. The Hall–Kier alpha value is -0.613. The van der Waals surface area contributed by atoms with Crippen LogP contribution >= 0.6 is 0 Å². The fourth-order valence-corrected chi connectivity index (χ4v) is 0.423. The molecule has 0 aliphatic rings. The van der Waals surface area contributed by atoms with Gasteiger partial charge in [-0.2, -0.15) is 0 Å². The number of carbonyl (C=O) groups excluding carboxylic acids is 1. The Morgan fingerprint density at radius 1 is 2.00 bits per heavy atom. The van der Waals surface area contributed by atoms with Gasteiger partial charge in [-0.3, -0.25) is 0 Å². The van der Waals surface area contributed by atoms with E-state index in [0.29, 0.717) is 0 Å². The summed E-state index contributed by atoms with van der Waals surface area (Å²) in [6.07, 6.45) is 1.10. The van der Waals surface area contributed by atoms with Crippen LogP contribution in [-0.4, -0.2) is 15.9 Å². The normalized spacial score (nSPS) is 9.29. The van der Waals surface area contributed by atoms with E-state index in [1.54, 1.807) is 0 Å². The summed E-state index contributed by atoms with van der Waals surface area (Å²) >= 11 is 0. The van der Waals surface area contributed by atoms with Gasteiger partial charge in [-0.05, 0) is 0 Å². The predicted molar refractivity (Wildman–Crippen MR) is 29.0 cm³/mol. The van der Waals surface area contributed by atoms with E-state index < -0.39 is 15.9 Å². The van der Waals surface area contributed by atoms with Crippen molar-refractivity contribution < 1.29 is 9.22 Å². The van der Waals surface area contributed by atoms with E-state index in [-0.39, 0.29) is 0 Å². The summed E-state index contributed by atoms with van der Waals surface area (Å²) in [4.78, 5) is 10.0. The second-order valence-electron chi connectivity index (χ2n) is 0.834. The molecule has 0 aromatic heterocycles. The predicted octanol–water partition coefficient (Wildman–Crippen LogP) is -1.33. The van der Waals surface area contributed by atoms with E-state index in [0.717, 1.165) is 6.08 Å². The maximum Gasteiger partial charge on any atom is 0.317 e. The van der Waals surface area contributed by atoms with Gasteiger partial charge in [0.15, 0.2) is 0 Å². The molecule has 0 unspecified atom stereocenters. The van der Waals surface area contributed by atoms with Crippen LogP contribution < -0.4 is 5.40 Å². The van der Waals surface area contributed by atoms with Gasteiger partial charge in [-0.15, -0.1) is 0 Å². The Labute approximate surface area is 44.2 Å². The van der Waals surface area contributed by atoms with Crippen molar-refractivity contribution in [2.24, 2.45) is 5.40 Å². The zero-order valence-electron chi connectivity index (χ0n) is 3.89. The summed E-state index contributed by atoms with van der Waals surface area (Å²) < 4.78 is 4.35. The van der Waals surface area contributed by atoms with Gasteiger partial charge in [0.1, 0.15) is 0 Å². The summed E-state index contributed by atoms with van der Waals surface area (Å²) in [5.74, 6) is -0.422. The Balaban J connectivity index is 3.17. The van der Waals surface area contributed by atoms with Crippen molar-refractivity contribution in [1.82, 2.24) is 0 Å². The molecule has 2 N–H and O–H groups in total. The first-order chi connectivity index (χ1) is 3.31. The summed E-state index contributed by atoms with van der Waals surface area (Å²) in [6.45, 7) is 3.17. The minimum Gasteiger partial charge on any atom is -0.508 e. The van der Waals surface area contributed by atoms with E-state index in [9.17, 15) is 4.79 Å². The van der Waals surface area contributed by atoms with Crippen molar-refractivity contribution in [3.8, 4) is 0 Å². The third kappa shape index (κ3) is 3.21. The molecular weight excluding hydrogens is 110 g/mol. The summed E-state index contributed by atoms with van der Waals surface area (Å²) in [5, 5.41) is 4.95. The Morgan fingerprint density at radius 3 is 2.71 bits per heavy atom. The maximum absolute atomic E-state index is 10.0. The molecule has 0 fully saturated rings. The van der Waals surface area contributed by atoms with Crippen LogP contribution in [0.3, 0.4) is 0 Å². The highest BCUT2D eigenvalue weighted by Gasteiger charge is 1.87. The number of hydrogen-bond acceptors (Lipinski definition) is 3. The van der Waals surface area contributed by atoms with E-state index >= 15 is 0 Å². The van der Waals surface area contributed by atoms with E-state index in [2.05, 4.69) is 11.0 Å². The van der Waals surface area contributed by atoms with Crippen LogP contribution in [0.2, 0.25) is 0 Å². The monoisotopic (exact) mass is 117 g/mol. The first-order valence-corrected chi connectivity index (χ1v) is 3.20. The number of rotatable bonds is 2. The number of hydrogen-bond donors (Lipinski definition) is 1. The summed E-state index contributed by atoms with van der Waals surface area (Å²) in [6, 6.07) is 0. The average molecular weight is 117 g/mol. The zero-order chi connectivity index (χ0) is 5.70. The van der Waals surface area contributed by atoms with Crippen LogP contribution in [-0.2, 0) is 9.22 Å². The first-order valence-electron chi connectivity index (χ1n) is 1.80. The highest BCUT2D eigenvalue weighted by Crippen LogP contribution is 1.69. The van der Waals surface area contributed by atoms with E-state index in [4.69, 9.17) is 5.40 Å². The van der Waals surface area contributed by atoms with Gasteiger partial charge in [-0.25, -0.2) is 4.79 Å². The molecule has 0 bridgehead atoms.